The van der Waals surface area contributed by atoms with Crippen molar-refractivity contribution >= 4 is 28.6 Å². The highest BCUT2D eigenvalue weighted by Crippen LogP contribution is 2.39. The van der Waals surface area contributed by atoms with Crippen molar-refractivity contribution in [3.63, 3.8) is 0 Å². The maximum absolute atomic E-state index is 13.3. The fourth-order valence-electron chi connectivity index (χ4n) is 4.92. The number of aromatic nitrogens is 2. The Morgan fingerprint density at radius 3 is 2.67 bits per heavy atom. The first-order chi connectivity index (χ1) is 17.2. The van der Waals surface area contributed by atoms with Crippen molar-refractivity contribution in [1.82, 2.24) is 19.6 Å². The molecule has 0 spiro atoms. The zero-order chi connectivity index (χ0) is 25.4. The lowest BCUT2D eigenvalue weighted by atomic mass is 9.99. The molecule has 0 saturated carbocycles. The molecule has 1 N–H and O–H groups in total. The van der Waals surface area contributed by atoms with Gasteiger partial charge in [-0.25, -0.2) is 0 Å². The van der Waals surface area contributed by atoms with E-state index in [9.17, 15) is 4.79 Å². The van der Waals surface area contributed by atoms with E-state index in [2.05, 4.69) is 26.8 Å². The van der Waals surface area contributed by atoms with Crippen LogP contribution in [0.3, 0.4) is 0 Å². The van der Waals surface area contributed by atoms with Crippen molar-refractivity contribution in [1.29, 1.82) is 0 Å². The summed E-state index contributed by atoms with van der Waals surface area (Å²) in [5, 5.41) is 8.93. The molecule has 36 heavy (non-hydrogen) atoms. The molecule has 3 aromatic rings. The van der Waals surface area contributed by atoms with Gasteiger partial charge in [0.05, 0.1) is 36.0 Å². The topological polar surface area (TPSA) is 71.9 Å². The average molecular weight is 490 g/mol. The van der Waals surface area contributed by atoms with Crippen molar-refractivity contribution < 1.29 is 14.3 Å². The summed E-state index contributed by atoms with van der Waals surface area (Å²) in [5.74, 6) is 0.982. The Kier molecular flexibility index (Phi) is 6.49. The van der Waals surface area contributed by atoms with Gasteiger partial charge in [-0.1, -0.05) is 0 Å². The maximum Gasteiger partial charge on any atom is 0.259 e. The third kappa shape index (κ3) is 4.83. The molecular formula is C28H35N5O3. The van der Waals surface area contributed by atoms with E-state index in [4.69, 9.17) is 14.6 Å². The number of hydrogen-bond acceptors (Lipinski definition) is 6. The van der Waals surface area contributed by atoms with Crippen molar-refractivity contribution in [3.8, 4) is 11.5 Å². The van der Waals surface area contributed by atoms with Gasteiger partial charge < -0.3 is 19.7 Å². The second-order valence-electron chi connectivity index (χ2n) is 10.2. The molecule has 0 unspecified atom stereocenters. The summed E-state index contributed by atoms with van der Waals surface area (Å²) in [6.45, 7) is 12.1. The van der Waals surface area contributed by atoms with Crippen LogP contribution in [0, 0.1) is 6.92 Å². The summed E-state index contributed by atoms with van der Waals surface area (Å²) in [5.41, 5.74) is 3.58. The predicted molar refractivity (Wildman–Crippen MR) is 143 cm³/mol. The van der Waals surface area contributed by atoms with Crippen LogP contribution in [0.1, 0.15) is 35.5 Å². The Hall–Kier alpha value is -3.36. The molecule has 8 nitrogen and oxygen atoms in total. The third-order valence-corrected chi connectivity index (χ3v) is 7.05. The van der Waals surface area contributed by atoms with Crippen LogP contribution in [0.4, 0.5) is 5.69 Å². The number of fused-ring (bicyclic) bond motifs is 2. The summed E-state index contributed by atoms with van der Waals surface area (Å²) in [6.07, 6.45) is 3.93. The van der Waals surface area contributed by atoms with Gasteiger partial charge in [-0.05, 0) is 70.3 Å². The standard InChI is InChI=1S/C28H35N5O3/c1-19-21-7-6-20(18-24(21)33(30-19)17-16-32-14-12-31(4)13-15-32)29-27(34)23-8-9-25-22(26(23)35-5)10-11-28(2,3)36-25/h6-11,18H,12-17H2,1-5H3,(H,29,34). The van der Waals surface area contributed by atoms with Gasteiger partial charge in [-0.15, -0.1) is 0 Å². The minimum atomic E-state index is -0.400. The molecular weight excluding hydrogens is 454 g/mol. The van der Waals surface area contributed by atoms with Crippen LogP contribution < -0.4 is 14.8 Å². The van der Waals surface area contributed by atoms with Crippen LogP contribution in [0.15, 0.2) is 36.4 Å². The number of nitrogens with one attached hydrogen (secondary N) is 1. The number of likely N-dealkylation sites (N-methyl/N-ethyl adjacent to an activating group) is 1. The van der Waals surface area contributed by atoms with E-state index in [0.29, 0.717) is 17.1 Å². The monoisotopic (exact) mass is 489 g/mol. The first-order valence-corrected chi connectivity index (χ1v) is 12.5. The molecule has 3 heterocycles. The molecule has 0 radical (unpaired) electrons. The fourth-order valence-corrected chi connectivity index (χ4v) is 4.92. The van der Waals surface area contributed by atoms with Crippen LogP contribution >= 0.6 is 0 Å². The van der Waals surface area contributed by atoms with Gasteiger partial charge in [0.1, 0.15) is 17.1 Å². The Labute approximate surface area is 212 Å². The van der Waals surface area contributed by atoms with Crippen molar-refractivity contribution in [2.45, 2.75) is 32.9 Å². The largest absolute Gasteiger partial charge is 0.495 e. The SMILES string of the molecule is COc1c(C(=O)Nc2ccc3c(C)nn(CCN4CCN(C)CC4)c3c2)ccc2c1C=CC(C)(C)O2. The zero-order valence-electron chi connectivity index (χ0n) is 21.8. The van der Waals surface area contributed by atoms with E-state index in [0.717, 1.165) is 67.1 Å². The normalized spacial score (nSPS) is 17.6. The molecule has 2 aliphatic heterocycles. The first-order valence-electron chi connectivity index (χ1n) is 12.5. The number of ether oxygens (including phenoxy) is 2. The zero-order valence-corrected chi connectivity index (χ0v) is 21.8. The van der Waals surface area contributed by atoms with Crippen LogP contribution in [0.2, 0.25) is 0 Å². The van der Waals surface area contributed by atoms with Gasteiger partial charge in [0, 0.05) is 43.8 Å². The third-order valence-electron chi connectivity index (χ3n) is 7.05. The molecule has 190 valence electrons. The van der Waals surface area contributed by atoms with Crippen LogP contribution in [0.5, 0.6) is 11.5 Å². The maximum atomic E-state index is 13.3. The predicted octanol–water partition coefficient (Wildman–Crippen LogP) is 4.04. The lowest BCUT2D eigenvalue weighted by Crippen LogP contribution is -2.45. The van der Waals surface area contributed by atoms with Gasteiger partial charge >= 0.3 is 0 Å². The molecule has 2 aromatic carbocycles. The second-order valence-corrected chi connectivity index (χ2v) is 10.2. The molecule has 0 aliphatic carbocycles. The molecule has 5 rings (SSSR count). The number of anilines is 1. The lowest BCUT2D eigenvalue weighted by Gasteiger charge is -2.32. The van der Waals surface area contributed by atoms with E-state index in [-0.39, 0.29) is 5.91 Å². The number of carbonyl (C=O) groups excluding carboxylic acids is 1. The minimum absolute atomic E-state index is 0.229. The summed E-state index contributed by atoms with van der Waals surface area (Å²) < 4.78 is 13.7. The molecule has 0 atom stereocenters. The highest BCUT2D eigenvalue weighted by Gasteiger charge is 2.26. The van der Waals surface area contributed by atoms with E-state index in [1.807, 2.05) is 57.2 Å². The van der Waals surface area contributed by atoms with E-state index in [1.165, 1.54) is 0 Å². The summed E-state index contributed by atoms with van der Waals surface area (Å²) in [6, 6.07) is 9.55. The smallest absolute Gasteiger partial charge is 0.259 e. The van der Waals surface area contributed by atoms with Gasteiger partial charge in [-0.3, -0.25) is 14.4 Å². The van der Waals surface area contributed by atoms with Crippen LogP contribution in [-0.4, -0.2) is 78.0 Å². The van der Waals surface area contributed by atoms with E-state index < -0.39 is 5.60 Å². The molecule has 1 saturated heterocycles. The Morgan fingerprint density at radius 1 is 1.14 bits per heavy atom. The van der Waals surface area contributed by atoms with Gasteiger partial charge in [0.15, 0.2) is 0 Å². The number of piperazine rings is 1. The molecule has 1 fully saturated rings. The second kappa shape index (κ2) is 9.59. The van der Waals surface area contributed by atoms with Gasteiger partial charge in [0.2, 0.25) is 0 Å². The summed E-state index contributed by atoms with van der Waals surface area (Å²) in [4.78, 5) is 18.1. The van der Waals surface area contributed by atoms with E-state index >= 15 is 0 Å². The Bertz CT molecular complexity index is 1320. The van der Waals surface area contributed by atoms with Gasteiger partial charge in [-0.2, -0.15) is 5.10 Å². The average Bonchev–Trinajstić information content (AvgIpc) is 3.16. The van der Waals surface area contributed by atoms with Crippen molar-refractivity contribution in [2.24, 2.45) is 0 Å². The number of hydrogen-bond donors (Lipinski definition) is 1. The number of carbonyl (C=O) groups is 1. The van der Waals surface area contributed by atoms with Crippen LogP contribution in [-0.2, 0) is 6.54 Å². The number of benzene rings is 2. The molecule has 8 heteroatoms. The van der Waals surface area contributed by atoms with Gasteiger partial charge in [0.25, 0.3) is 5.91 Å². The fraction of sp³-hybridized carbons (Fsp3) is 0.429. The van der Waals surface area contributed by atoms with Crippen LogP contribution in [0.25, 0.3) is 17.0 Å². The quantitative estimate of drug-likeness (QED) is 0.564. The summed E-state index contributed by atoms with van der Waals surface area (Å²) >= 11 is 0. The highest BCUT2D eigenvalue weighted by molar-refractivity contribution is 6.08. The van der Waals surface area contributed by atoms with Crippen molar-refractivity contribution in [2.75, 3.05) is 52.2 Å². The Balaban J connectivity index is 1.36. The summed E-state index contributed by atoms with van der Waals surface area (Å²) in [7, 11) is 3.75. The molecule has 0 bridgehead atoms. The van der Waals surface area contributed by atoms with Crippen molar-refractivity contribution in [3.05, 3.63) is 53.2 Å². The molecule has 1 aromatic heterocycles. The highest BCUT2D eigenvalue weighted by atomic mass is 16.5. The number of methoxy groups -OCH3 is 1. The van der Waals surface area contributed by atoms with E-state index in [1.54, 1.807) is 13.2 Å². The minimum Gasteiger partial charge on any atom is -0.495 e. The number of aryl methyl sites for hydroxylation is 1. The lowest BCUT2D eigenvalue weighted by molar-refractivity contribution is 0.102. The number of nitrogens with zero attached hydrogens (tertiary/aromatic N) is 4. The molecule has 2 aliphatic rings. The number of amides is 1. The number of rotatable bonds is 6. The first kappa shape index (κ1) is 24.3. The molecule has 1 amide bonds. The Morgan fingerprint density at radius 2 is 1.92 bits per heavy atom.